The van der Waals surface area contributed by atoms with Gasteiger partial charge in [-0.25, -0.2) is 9.82 Å². The SMILES string of the molecule is Fc1ccccc1C1NNC2CCN(Cc3cccc4ncccc34)CC21. The minimum atomic E-state index is -0.130. The van der Waals surface area contributed by atoms with Crippen LogP contribution in [0.3, 0.4) is 0 Å². The first kappa shape index (κ1) is 16.8. The number of aromatic nitrogens is 1. The second kappa shape index (κ2) is 7.00. The summed E-state index contributed by atoms with van der Waals surface area (Å²) in [6, 6.07) is 18.0. The van der Waals surface area contributed by atoms with E-state index in [0.717, 1.165) is 37.1 Å². The lowest BCUT2D eigenvalue weighted by Crippen LogP contribution is -2.45. The van der Waals surface area contributed by atoms with Gasteiger partial charge in [-0.3, -0.25) is 15.3 Å². The molecule has 4 nitrogen and oxygen atoms in total. The second-order valence-electron chi connectivity index (χ2n) is 7.57. The molecule has 2 aromatic carbocycles. The summed E-state index contributed by atoms with van der Waals surface area (Å²) in [4.78, 5) is 6.96. The molecule has 2 aliphatic rings. The Bertz CT molecular complexity index is 954. The average Bonchev–Trinajstić information content (AvgIpc) is 3.12. The average molecular weight is 362 g/mol. The zero-order valence-corrected chi connectivity index (χ0v) is 15.1. The van der Waals surface area contributed by atoms with E-state index in [2.05, 4.69) is 45.0 Å². The number of nitrogens with one attached hydrogen (secondary N) is 2. The fourth-order valence-electron chi connectivity index (χ4n) is 4.60. The molecule has 0 radical (unpaired) electrons. The Morgan fingerprint density at radius 3 is 2.89 bits per heavy atom. The van der Waals surface area contributed by atoms with Crippen LogP contribution >= 0.6 is 0 Å². The maximum Gasteiger partial charge on any atom is 0.128 e. The summed E-state index contributed by atoms with van der Waals surface area (Å²) in [5.74, 6) is 0.221. The number of fused-ring (bicyclic) bond motifs is 2. The highest BCUT2D eigenvalue weighted by Gasteiger charge is 2.41. The fraction of sp³-hybridized carbons (Fsp3) is 0.318. The van der Waals surface area contributed by atoms with Crippen LogP contribution in [-0.4, -0.2) is 29.0 Å². The molecule has 2 aliphatic heterocycles. The molecular weight excluding hydrogens is 339 g/mol. The summed E-state index contributed by atoms with van der Waals surface area (Å²) in [5, 5.41) is 1.22. The molecule has 0 amide bonds. The van der Waals surface area contributed by atoms with Gasteiger partial charge in [0.25, 0.3) is 0 Å². The van der Waals surface area contributed by atoms with E-state index in [1.807, 2.05) is 24.4 Å². The predicted molar refractivity (Wildman–Crippen MR) is 104 cm³/mol. The van der Waals surface area contributed by atoms with Crippen molar-refractivity contribution in [2.45, 2.75) is 25.0 Å². The van der Waals surface area contributed by atoms with Gasteiger partial charge in [-0.15, -0.1) is 0 Å². The molecule has 3 aromatic rings. The molecule has 0 spiro atoms. The number of hydrogen-bond donors (Lipinski definition) is 2. The van der Waals surface area contributed by atoms with Crippen molar-refractivity contribution >= 4 is 10.9 Å². The standard InChI is InChI=1S/C22H23FN4/c23-19-8-2-1-6-17(19)22-18-14-27(12-10-21(18)25-26-22)13-15-5-3-9-20-16(15)7-4-11-24-20/h1-9,11,18,21-22,25-26H,10,12-14H2. The second-order valence-corrected chi connectivity index (χ2v) is 7.57. The van der Waals surface area contributed by atoms with E-state index >= 15 is 0 Å². The maximum absolute atomic E-state index is 14.3. The number of pyridine rings is 1. The predicted octanol–water partition coefficient (Wildman–Crippen LogP) is 3.41. The Balaban J connectivity index is 1.38. The number of hydrazine groups is 1. The van der Waals surface area contributed by atoms with Crippen molar-refractivity contribution < 1.29 is 4.39 Å². The van der Waals surface area contributed by atoms with Crippen molar-refractivity contribution in [1.29, 1.82) is 0 Å². The maximum atomic E-state index is 14.3. The van der Waals surface area contributed by atoms with Crippen LogP contribution < -0.4 is 10.9 Å². The van der Waals surface area contributed by atoms with Crippen LogP contribution in [0.25, 0.3) is 10.9 Å². The number of halogens is 1. The van der Waals surface area contributed by atoms with Gasteiger partial charge in [0, 0.05) is 48.7 Å². The molecule has 3 atom stereocenters. The molecule has 3 unspecified atom stereocenters. The van der Waals surface area contributed by atoms with E-state index < -0.39 is 0 Å². The molecule has 138 valence electrons. The van der Waals surface area contributed by atoms with Crippen LogP contribution in [-0.2, 0) is 6.54 Å². The van der Waals surface area contributed by atoms with Gasteiger partial charge in [0.05, 0.1) is 11.6 Å². The number of benzene rings is 2. The Hall–Kier alpha value is -2.34. The zero-order valence-electron chi connectivity index (χ0n) is 15.1. The third kappa shape index (κ3) is 3.12. The molecule has 1 aromatic heterocycles. The highest BCUT2D eigenvalue weighted by molar-refractivity contribution is 5.81. The number of nitrogens with zero attached hydrogens (tertiary/aromatic N) is 2. The van der Waals surface area contributed by atoms with Crippen LogP contribution in [0.4, 0.5) is 4.39 Å². The molecule has 3 heterocycles. The van der Waals surface area contributed by atoms with Gasteiger partial charge in [0.1, 0.15) is 5.82 Å². The third-order valence-electron chi connectivity index (χ3n) is 5.96. The largest absolute Gasteiger partial charge is 0.299 e. The van der Waals surface area contributed by atoms with Gasteiger partial charge < -0.3 is 0 Å². The quantitative estimate of drug-likeness (QED) is 0.749. The van der Waals surface area contributed by atoms with E-state index in [-0.39, 0.29) is 11.9 Å². The topological polar surface area (TPSA) is 40.2 Å². The number of rotatable bonds is 3. The van der Waals surface area contributed by atoms with Crippen molar-refractivity contribution in [3.05, 3.63) is 77.7 Å². The minimum absolute atomic E-state index is 0.00758. The number of likely N-dealkylation sites (tertiary alicyclic amines) is 1. The molecular formula is C22H23FN4. The fourth-order valence-corrected chi connectivity index (χ4v) is 4.60. The lowest BCUT2D eigenvalue weighted by molar-refractivity contribution is 0.148. The van der Waals surface area contributed by atoms with E-state index in [1.54, 1.807) is 12.1 Å². The molecule has 27 heavy (non-hydrogen) atoms. The summed E-state index contributed by atoms with van der Waals surface area (Å²) in [5.41, 5.74) is 9.84. The molecule has 2 saturated heterocycles. The molecule has 5 rings (SSSR count). The van der Waals surface area contributed by atoms with Crippen LogP contribution in [0, 0.1) is 11.7 Å². The zero-order chi connectivity index (χ0) is 18.2. The van der Waals surface area contributed by atoms with Gasteiger partial charge in [-0.2, -0.15) is 0 Å². The summed E-state index contributed by atoms with van der Waals surface area (Å²) in [7, 11) is 0. The van der Waals surface area contributed by atoms with Gasteiger partial charge in [0.15, 0.2) is 0 Å². The van der Waals surface area contributed by atoms with Crippen LogP contribution in [0.2, 0.25) is 0 Å². The van der Waals surface area contributed by atoms with Gasteiger partial charge >= 0.3 is 0 Å². The summed E-state index contributed by atoms with van der Waals surface area (Å²) < 4.78 is 14.3. The normalized spacial score (nSPS) is 25.6. The molecule has 5 heteroatoms. The van der Waals surface area contributed by atoms with E-state index in [0.29, 0.717) is 12.0 Å². The van der Waals surface area contributed by atoms with E-state index in [4.69, 9.17) is 0 Å². The number of piperidine rings is 1. The van der Waals surface area contributed by atoms with Crippen molar-refractivity contribution in [1.82, 2.24) is 20.7 Å². The van der Waals surface area contributed by atoms with Gasteiger partial charge in [-0.1, -0.05) is 36.4 Å². The van der Waals surface area contributed by atoms with Crippen LogP contribution in [0.5, 0.6) is 0 Å². The highest BCUT2D eigenvalue weighted by Crippen LogP contribution is 2.35. The van der Waals surface area contributed by atoms with Gasteiger partial charge in [0.2, 0.25) is 0 Å². The lowest BCUT2D eigenvalue weighted by atomic mass is 9.84. The van der Waals surface area contributed by atoms with E-state index in [9.17, 15) is 4.39 Å². The molecule has 2 N–H and O–H groups in total. The Kier molecular flexibility index (Phi) is 4.36. The summed E-state index contributed by atoms with van der Waals surface area (Å²) in [6.45, 7) is 2.88. The Morgan fingerprint density at radius 1 is 1.04 bits per heavy atom. The van der Waals surface area contributed by atoms with Gasteiger partial charge in [-0.05, 0) is 30.2 Å². The molecule has 0 saturated carbocycles. The van der Waals surface area contributed by atoms with Crippen molar-refractivity contribution in [3.63, 3.8) is 0 Å². The minimum Gasteiger partial charge on any atom is -0.299 e. The van der Waals surface area contributed by atoms with Crippen molar-refractivity contribution in [3.8, 4) is 0 Å². The first-order chi connectivity index (χ1) is 13.3. The van der Waals surface area contributed by atoms with E-state index in [1.165, 1.54) is 10.9 Å². The number of hydrogen-bond acceptors (Lipinski definition) is 4. The third-order valence-corrected chi connectivity index (χ3v) is 5.96. The lowest BCUT2D eigenvalue weighted by Gasteiger charge is -2.36. The Morgan fingerprint density at radius 2 is 1.96 bits per heavy atom. The van der Waals surface area contributed by atoms with Crippen molar-refractivity contribution in [2.24, 2.45) is 5.92 Å². The first-order valence-corrected chi connectivity index (χ1v) is 9.60. The monoisotopic (exact) mass is 362 g/mol. The molecule has 0 aliphatic carbocycles. The molecule has 2 fully saturated rings. The first-order valence-electron chi connectivity index (χ1n) is 9.60. The molecule has 0 bridgehead atoms. The smallest absolute Gasteiger partial charge is 0.128 e. The highest BCUT2D eigenvalue weighted by atomic mass is 19.1. The Labute approximate surface area is 158 Å². The van der Waals surface area contributed by atoms with Crippen molar-refractivity contribution in [2.75, 3.05) is 13.1 Å². The summed E-state index contributed by atoms with van der Waals surface area (Å²) >= 11 is 0. The van der Waals surface area contributed by atoms with Crippen LogP contribution in [0.15, 0.2) is 60.8 Å². The summed E-state index contributed by atoms with van der Waals surface area (Å²) in [6.07, 6.45) is 2.90. The van der Waals surface area contributed by atoms with Crippen LogP contribution in [0.1, 0.15) is 23.6 Å².